The van der Waals surface area contributed by atoms with Crippen LogP contribution in [0.4, 0.5) is 0 Å². The topological polar surface area (TPSA) is 89.5 Å². The van der Waals surface area contributed by atoms with E-state index in [4.69, 9.17) is 27.2 Å². The van der Waals surface area contributed by atoms with Crippen molar-refractivity contribution in [2.75, 3.05) is 33.5 Å². The third-order valence-electron chi connectivity index (χ3n) is 3.58. The quantitative estimate of drug-likeness (QED) is 0.138. The monoisotopic (exact) mass is 494 g/mol. The van der Waals surface area contributed by atoms with Crippen LogP contribution < -0.4 is 0 Å². The third kappa shape index (κ3) is 16.5. The van der Waals surface area contributed by atoms with Crippen LogP contribution in [0.15, 0.2) is 12.2 Å². The van der Waals surface area contributed by atoms with Crippen molar-refractivity contribution in [3.63, 3.8) is 0 Å². The largest absolute Gasteiger partial charge is 0.458 e. The molecule has 0 aliphatic rings. The van der Waals surface area contributed by atoms with Gasteiger partial charge in [0.25, 0.3) is 0 Å². The first-order valence-electron chi connectivity index (χ1n) is 10.6. The fourth-order valence-electron chi connectivity index (χ4n) is 2.87. The molecule has 0 aromatic carbocycles. The van der Waals surface area contributed by atoms with Gasteiger partial charge in [0.2, 0.25) is 0 Å². The van der Waals surface area contributed by atoms with Crippen molar-refractivity contribution in [3.8, 4) is 0 Å². The van der Waals surface area contributed by atoms with Gasteiger partial charge in [-0.3, -0.25) is 0 Å². The molecular weight excluding hydrogens is 452 g/mol. The van der Waals surface area contributed by atoms with Crippen LogP contribution in [0.5, 0.6) is 0 Å². The van der Waals surface area contributed by atoms with E-state index >= 15 is 0 Å². The Labute approximate surface area is 191 Å². The van der Waals surface area contributed by atoms with Gasteiger partial charge in [0, 0.05) is 19.3 Å². The lowest BCUT2D eigenvalue weighted by Gasteiger charge is -2.38. The molecular formula is C20H42O8Si3. The summed E-state index contributed by atoms with van der Waals surface area (Å²) in [6.45, 7) is 20.5. The minimum Gasteiger partial charge on any atom is -0.458 e. The predicted octanol–water partition coefficient (Wildman–Crippen LogP) is 3.85. The second kappa shape index (κ2) is 13.7. The molecule has 0 spiro atoms. The zero-order valence-electron chi connectivity index (χ0n) is 20.8. The molecule has 0 aliphatic carbocycles. The highest BCUT2D eigenvalue weighted by Gasteiger charge is 2.39. The average Bonchev–Trinajstić information content (AvgIpc) is 2.55. The van der Waals surface area contributed by atoms with Crippen molar-refractivity contribution in [1.82, 2.24) is 0 Å². The molecule has 1 atom stereocenters. The Morgan fingerprint density at radius 1 is 0.935 bits per heavy atom. The molecule has 0 fully saturated rings. The van der Waals surface area contributed by atoms with Gasteiger partial charge in [-0.05, 0) is 65.2 Å². The molecule has 0 radical (unpaired) electrons. The van der Waals surface area contributed by atoms with E-state index in [1.54, 1.807) is 6.92 Å². The van der Waals surface area contributed by atoms with Gasteiger partial charge < -0.3 is 27.2 Å². The first-order chi connectivity index (χ1) is 14.1. The van der Waals surface area contributed by atoms with Gasteiger partial charge in [-0.15, -0.1) is 0 Å². The van der Waals surface area contributed by atoms with Crippen LogP contribution in [0, 0.1) is 0 Å². The van der Waals surface area contributed by atoms with Gasteiger partial charge in [0.15, 0.2) is 22.7 Å². The molecule has 0 N–H and O–H groups in total. The summed E-state index contributed by atoms with van der Waals surface area (Å²) in [5.41, 5.74) is 0.275. The van der Waals surface area contributed by atoms with E-state index in [0.717, 1.165) is 12.5 Å². The number of esters is 2. The van der Waals surface area contributed by atoms with Gasteiger partial charge in [-0.25, -0.2) is 9.59 Å². The molecule has 8 nitrogen and oxygen atoms in total. The highest BCUT2D eigenvalue weighted by atomic mass is 28.5. The van der Waals surface area contributed by atoms with Crippen LogP contribution >= 0.6 is 0 Å². The predicted molar refractivity (Wildman–Crippen MR) is 128 cm³/mol. The van der Waals surface area contributed by atoms with Crippen LogP contribution in [-0.2, 0) is 36.8 Å². The Balaban J connectivity index is 4.72. The summed E-state index contributed by atoms with van der Waals surface area (Å²) >= 11 is 0. The molecule has 0 saturated carbocycles. The summed E-state index contributed by atoms with van der Waals surface area (Å²) in [5, 5.41) is 0. The molecule has 1 unspecified atom stereocenters. The number of methoxy groups -OCH3 is 1. The van der Waals surface area contributed by atoms with Gasteiger partial charge in [0.05, 0.1) is 6.61 Å². The summed E-state index contributed by atoms with van der Waals surface area (Å²) in [4.78, 5) is 23.4. The smallest absolute Gasteiger partial charge is 0.333 e. The third-order valence-corrected chi connectivity index (χ3v) is 13.2. The lowest BCUT2D eigenvalue weighted by Crippen LogP contribution is -2.52. The maximum Gasteiger partial charge on any atom is 0.333 e. The molecule has 0 aromatic rings. The average molecular weight is 495 g/mol. The number of hydrogen-bond acceptors (Lipinski definition) is 8. The van der Waals surface area contributed by atoms with Gasteiger partial charge >= 0.3 is 20.5 Å². The molecule has 0 amide bonds. The van der Waals surface area contributed by atoms with Crippen LogP contribution in [0.1, 0.15) is 13.3 Å². The number of ether oxygens (including phenoxy) is 4. The van der Waals surface area contributed by atoms with Crippen molar-refractivity contribution >= 4 is 37.1 Å². The lowest BCUT2D eigenvalue weighted by atomic mass is 10.3. The summed E-state index contributed by atoms with van der Waals surface area (Å²) in [6.07, 6.45) is 0.0492. The second-order valence-corrected chi connectivity index (χ2v) is 22.5. The van der Waals surface area contributed by atoms with Crippen molar-refractivity contribution in [1.29, 1.82) is 0 Å². The Bertz CT molecular complexity index is 568. The Morgan fingerprint density at radius 2 is 1.48 bits per heavy atom. The highest BCUT2D eigenvalue weighted by Crippen LogP contribution is 2.25. The van der Waals surface area contributed by atoms with E-state index < -0.39 is 43.2 Å². The molecule has 0 aromatic heterocycles. The van der Waals surface area contributed by atoms with Gasteiger partial charge in [-0.1, -0.05) is 6.58 Å². The maximum atomic E-state index is 11.7. The zero-order valence-corrected chi connectivity index (χ0v) is 23.8. The minimum absolute atomic E-state index is 0.106. The molecule has 31 heavy (non-hydrogen) atoms. The molecule has 0 bridgehead atoms. The summed E-state index contributed by atoms with van der Waals surface area (Å²) < 4.78 is 33.8. The van der Waals surface area contributed by atoms with Crippen LogP contribution in [0.3, 0.4) is 0 Å². The molecule has 182 valence electrons. The Hall–Kier alpha value is -0.829. The number of carbonyl (C=O) groups is 2. The summed E-state index contributed by atoms with van der Waals surface area (Å²) in [7, 11) is -4.40. The van der Waals surface area contributed by atoms with Crippen LogP contribution in [0.25, 0.3) is 0 Å². The Kier molecular flexibility index (Phi) is 13.3. The molecule has 0 saturated heterocycles. The zero-order chi connectivity index (χ0) is 24.3. The van der Waals surface area contributed by atoms with E-state index in [1.165, 1.54) is 7.11 Å². The molecule has 0 rings (SSSR count). The molecule has 11 heteroatoms. The Morgan fingerprint density at radius 3 is 1.94 bits per heavy atom. The van der Waals surface area contributed by atoms with Crippen molar-refractivity contribution in [3.05, 3.63) is 12.2 Å². The normalized spacial score (nSPS) is 13.6. The van der Waals surface area contributed by atoms with Crippen LogP contribution in [-0.4, -0.2) is 76.8 Å². The summed E-state index contributed by atoms with van der Waals surface area (Å²) in [5.74, 6) is -1.09. The lowest BCUT2D eigenvalue weighted by molar-refractivity contribution is -0.164. The minimum atomic E-state index is -2.31. The van der Waals surface area contributed by atoms with Crippen LogP contribution in [0.2, 0.25) is 51.9 Å². The first kappa shape index (κ1) is 30.2. The van der Waals surface area contributed by atoms with Gasteiger partial charge in [-0.2, -0.15) is 0 Å². The highest BCUT2D eigenvalue weighted by molar-refractivity contribution is 6.87. The van der Waals surface area contributed by atoms with Crippen molar-refractivity contribution in [2.45, 2.75) is 71.3 Å². The number of rotatable bonds is 16. The fourth-order valence-corrected chi connectivity index (χ4v) is 15.4. The van der Waals surface area contributed by atoms with E-state index in [9.17, 15) is 9.59 Å². The van der Waals surface area contributed by atoms with E-state index in [-0.39, 0.29) is 25.4 Å². The second-order valence-electron chi connectivity index (χ2n) is 9.66. The number of hydrogen-bond donors (Lipinski definition) is 0. The standard InChI is InChI=1S/C20H42O8Si3/c1-17(2)20(22)25-15-18(26-19(21)16-23-3)14-24-12-11-13-31(10,27-29(4,5)6)28-30(7,8)9/h18H,1,11-16H2,2-10H3. The fraction of sp³-hybridized carbons (Fsp3) is 0.800. The van der Waals surface area contributed by atoms with Crippen molar-refractivity contribution in [2.24, 2.45) is 0 Å². The first-order valence-corrected chi connectivity index (χ1v) is 19.9. The maximum absolute atomic E-state index is 11.7. The van der Waals surface area contributed by atoms with E-state index in [0.29, 0.717) is 6.61 Å². The van der Waals surface area contributed by atoms with E-state index in [2.05, 4.69) is 52.4 Å². The van der Waals surface area contributed by atoms with E-state index in [1.807, 2.05) is 0 Å². The molecule has 0 heterocycles. The molecule has 0 aliphatic heterocycles. The summed E-state index contributed by atoms with van der Waals surface area (Å²) in [6, 6.07) is 0.820. The number of carbonyl (C=O) groups excluding carboxylic acids is 2. The van der Waals surface area contributed by atoms with Crippen molar-refractivity contribution < 1.29 is 36.8 Å². The SMILES string of the molecule is C=C(C)C(=O)OCC(COCCC[Si](C)(O[Si](C)(C)C)O[Si](C)(C)C)OC(=O)COC. The van der Waals surface area contributed by atoms with Gasteiger partial charge in [0.1, 0.15) is 13.2 Å².